The molecule has 0 bridgehead atoms. The summed E-state index contributed by atoms with van der Waals surface area (Å²) in [5.41, 5.74) is 1.39. The number of ether oxygens (including phenoxy) is 1. The molecule has 0 heterocycles. The molecule has 1 aromatic rings. The van der Waals surface area contributed by atoms with Crippen LogP contribution in [0.2, 0.25) is 0 Å². The van der Waals surface area contributed by atoms with Crippen molar-refractivity contribution in [2.45, 2.75) is 57.8 Å². The average molecular weight is 437 g/mol. The Morgan fingerprint density at radius 3 is 2.23 bits per heavy atom. The fourth-order valence-electron chi connectivity index (χ4n) is 3.30. The van der Waals surface area contributed by atoms with Crippen LogP contribution in [0.5, 0.6) is 0 Å². The van der Waals surface area contributed by atoms with Gasteiger partial charge in [0.1, 0.15) is 0 Å². The van der Waals surface area contributed by atoms with Crippen molar-refractivity contribution in [1.29, 1.82) is 0 Å². The van der Waals surface area contributed by atoms with Gasteiger partial charge in [-0.15, -0.1) is 0 Å². The quantitative estimate of drug-likeness (QED) is 0.219. The van der Waals surface area contributed by atoms with Gasteiger partial charge in [0.05, 0.1) is 27.7 Å². The Balaban J connectivity index is 2.06. The molecule has 2 N–H and O–H groups in total. The van der Waals surface area contributed by atoms with E-state index in [9.17, 15) is 9.59 Å². The largest absolute Gasteiger partial charge is 0.481 e. The number of nitrogens with one attached hydrogen (secondary N) is 1. The zero-order valence-electron chi connectivity index (χ0n) is 19.6. The van der Waals surface area contributed by atoms with Crippen LogP contribution in [0.15, 0.2) is 30.3 Å². The standard InChI is InChI=1S/C24H41N3O4/c1-27(2,3)26(24(30)25-18-13-17-23(28)29)19-10-4-5-11-20-31-21-12-9-16-22-14-7-6-8-15-22/h6-8,14-15H,4-5,9-13,16-21H2,1-3H3,(H-,25,28,29,30)/p+1. The molecule has 0 saturated heterocycles. The van der Waals surface area contributed by atoms with Crippen LogP contribution >= 0.6 is 0 Å². The van der Waals surface area contributed by atoms with Crippen molar-refractivity contribution in [3.63, 3.8) is 0 Å². The van der Waals surface area contributed by atoms with Gasteiger partial charge in [-0.2, -0.15) is 5.01 Å². The first kappa shape index (κ1) is 26.9. The third kappa shape index (κ3) is 13.7. The van der Waals surface area contributed by atoms with Gasteiger partial charge in [-0.1, -0.05) is 43.2 Å². The van der Waals surface area contributed by atoms with E-state index in [1.54, 1.807) is 5.01 Å². The van der Waals surface area contributed by atoms with Crippen molar-refractivity contribution in [3.05, 3.63) is 35.9 Å². The lowest BCUT2D eigenvalue weighted by Gasteiger charge is -2.36. The summed E-state index contributed by atoms with van der Waals surface area (Å²) in [6, 6.07) is 10.4. The maximum Gasteiger partial charge on any atom is 0.361 e. The topological polar surface area (TPSA) is 78.9 Å². The van der Waals surface area contributed by atoms with Crippen LogP contribution in [0.4, 0.5) is 4.79 Å². The predicted octanol–water partition coefficient (Wildman–Crippen LogP) is 4.08. The van der Waals surface area contributed by atoms with Crippen molar-refractivity contribution < 1.29 is 24.0 Å². The van der Waals surface area contributed by atoms with Crippen LogP contribution in [0.3, 0.4) is 0 Å². The number of nitrogens with zero attached hydrogens (tertiary/aromatic N) is 2. The van der Waals surface area contributed by atoms with Crippen LogP contribution in [0, 0.1) is 0 Å². The van der Waals surface area contributed by atoms with Gasteiger partial charge >= 0.3 is 12.0 Å². The third-order valence-corrected chi connectivity index (χ3v) is 5.06. The Morgan fingerprint density at radius 2 is 1.58 bits per heavy atom. The lowest BCUT2D eigenvalue weighted by Crippen LogP contribution is -2.58. The fraction of sp³-hybridized carbons (Fsp3) is 0.667. The summed E-state index contributed by atoms with van der Waals surface area (Å²) in [5.74, 6) is -0.839. The summed E-state index contributed by atoms with van der Waals surface area (Å²) in [7, 11) is 5.88. The molecular formula is C24H42N3O4+. The first-order valence-corrected chi connectivity index (χ1v) is 11.5. The lowest BCUT2D eigenvalue weighted by molar-refractivity contribution is -0.973. The van der Waals surface area contributed by atoms with Gasteiger partial charge in [0.25, 0.3) is 0 Å². The lowest BCUT2D eigenvalue weighted by atomic mass is 10.1. The zero-order valence-corrected chi connectivity index (χ0v) is 19.6. The number of aliphatic carboxylic acids is 1. The highest BCUT2D eigenvalue weighted by Crippen LogP contribution is 2.09. The summed E-state index contributed by atoms with van der Waals surface area (Å²) in [4.78, 5) is 23.0. The summed E-state index contributed by atoms with van der Waals surface area (Å²) < 4.78 is 6.16. The van der Waals surface area contributed by atoms with Gasteiger partial charge in [0.15, 0.2) is 0 Å². The first-order chi connectivity index (χ1) is 14.8. The molecule has 0 unspecified atom stereocenters. The Bertz CT molecular complexity index is 617. The van der Waals surface area contributed by atoms with Gasteiger partial charge in [-0.25, -0.2) is 9.39 Å². The van der Waals surface area contributed by atoms with Gasteiger partial charge in [-0.05, 0) is 44.1 Å². The first-order valence-electron chi connectivity index (χ1n) is 11.5. The molecule has 0 atom stereocenters. The van der Waals surface area contributed by atoms with E-state index in [0.29, 0.717) is 24.1 Å². The van der Waals surface area contributed by atoms with Crippen molar-refractivity contribution in [3.8, 4) is 0 Å². The van der Waals surface area contributed by atoms with E-state index in [4.69, 9.17) is 9.84 Å². The number of amides is 2. The van der Waals surface area contributed by atoms with Crippen molar-refractivity contribution >= 4 is 12.0 Å². The summed E-state index contributed by atoms with van der Waals surface area (Å²) >= 11 is 0. The minimum atomic E-state index is -0.839. The molecule has 0 aliphatic heterocycles. The van der Waals surface area contributed by atoms with E-state index >= 15 is 0 Å². The molecule has 0 aromatic heterocycles. The van der Waals surface area contributed by atoms with Crippen molar-refractivity contribution in [1.82, 2.24) is 10.3 Å². The molecule has 1 rings (SSSR count). The highest BCUT2D eigenvalue weighted by Gasteiger charge is 2.25. The maximum atomic E-state index is 12.4. The number of hydrogen-bond donors (Lipinski definition) is 2. The summed E-state index contributed by atoms with van der Waals surface area (Å²) in [5, 5.41) is 13.3. The van der Waals surface area contributed by atoms with E-state index in [-0.39, 0.29) is 12.5 Å². The van der Waals surface area contributed by atoms with Gasteiger partial charge in [-0.3, -0.25) is 4.79 Å². The van der Waals surface area contributed by atoms with Crippen LogP contribution in [0.25, 0.3) is 0 Å². The highest BCUT2D eigenvalue weighted by atomic mass is 16.5. The van der Waals surface area contributed by atoms with Crippen LogP contribution in [0.1, 0.15) is 56.9 Å². The second kappa shape index (κ2) is 15.6. The van der Waals surface area contributed by atoms with E-state index in [1.807, 2.05) is 27.2 Å². The number of quaternary nitrogens is 1. The fourth-order valence-corrected chi connectivity index (χ4v) is 3.30. The predicted molar refractivity (Wildman–Crippen MR) is 124 cm³/mol. The minimum Gasteiger partial charge on any atom is -0.481 e. The molecular weight excluding hydrogens is 394 g/mol. The normalized spacial score (nSPS) is 11.3. The number of carbonyl (C=O) groups is 2. The van der Waals surface area contributed by atoms with E-state index < -0.39 is 5.97 Å². The molecule has 0 fully saturated rings. The summed E-state index contributed by atoms with van der Waals surface area (Å²) in [6.07, 6.45) is 8.01. The molecule has 2 amide bonds. The average Bonchev–Trinajstić information content (AvgIpc) is 2.71. The SMILES string of the molecule is C[N+](C)(C)N(CCCCCCOCCCCc1ccccc1)C(=O)NCCCC(=O)O. The van der Waals surface area contributed by atoms with Gasteiger partial charge in [0.2, 0.25) is 0 Å². The number of carboxylic acids is 1. The smallest absolute Gasteiger partial charge is 0.361 e. The monoisotopic (exact) mass is 436 g/mol. The molecule has 0 saturated carbocycles. The van der Waals surface area contributed by atoms with E-state index in [0.717, 1.165) is 58.2 Å². The number of urea groups is 1. The minimum absolute atomic E-state index is 0.0692. The van der Waals surface area contributed by atoms with Gasteiger partial charge in [0, 0.05) is 26.2 Å². The number of carboxylic acid groups (broad SMARTS) is 1. The number of hydrogen-bond acceptors (Lipinski definition) is 3. The van der Waals surface area contributed by atoms with Gasteiger partial charge < -0.3 is 15.2 Å². The number of carbonyl (C=O) groups excluding carboxylic acids is 1. The molecule has 7 heteroatoms. The molecule has 176 valence electrons. The number of unbranched alkanes of at least 4 members (excludes halogenated alkanes) is 4. The van der Waals surface area contributed by atoms with Crippen LogP contribution in [-0.4, -0.2) is 74.2 Å². The number of aryl methyl sites for hydroxylation is 1. The molecule has 7 nitrogen and oxygen atoms in total. The Labute approximate surface area is 187 Å². The molecule has 1 aromatic carbocycles. The van der Waals surface area contributed by atoms with E-state index in [1.165, 1.54) is 5.56 Å². The van der Waals surface area contributed by atoms with Crippen LogP contribution < -0.4 is 5.32 Å². The van der Waals surface area contributed by atoms with Crippen LogP contribution in [-0.2, 0) is 16.0 Å². The van der Waals surface area contributed by atoms with Crippen molar-refractivity contribution in [2.24, 2.45) is 0 Å². The van der Waals surface area contributed by atoms with E-state index in [2.05, 4.69) is 29.6 Å². The summed E-state index contributed by atoms with van der Waals surface area (Å²) in [6.45, 7) is 2.68. The number of benzene rings is 1. The molecule has 0 aliphatic rings. The molecule has 0 aliphatic carbocycles. The number of rotatable bonds is 17. The molecule has 0 radical (unpaired) electrons. The third-order valence-electron chi connectivity index (χ3n) is 5.06. The molecule has 31 heavy (non-hydrogen) atoms. The Hall–Kier alpha value is -2.12. The Kier molecular flexibility index (Phi) is 13.6. The second-order valence-electron chi connectivity index (χ2n) is 8.76. The molecule has 0 spiro atoms. The highest BCUT2D eigenvalue weighted by molar-refractivity contribution is 5.73. The Morgan fingerprint density at radius 1 is 0.935 bits per heavy atom. The zero-order chi connectivity index (χ0) is 23.0. The maximum absolute atomic E-state index is 12.4. The van der Waals surface area contributed by atoms with Crippen molar-refractivity contribution in [2.75, 3.05) is 47.4 Å². The second-order valence-corrected chi connectivity index (χ2v) is 8.76.